The Labute approximate surface area is 144 Å². The molecule has 0 radical (unpaired) electrons. The van der Waals surface area contributed by atoms with Crippen molar-refractivity contribution in [1.29, 1.82) is 0 Å². The fraction of sp³-hybridized carbons (Fsp3) is 0.529. The van der Waals surface area contributed by atoms with Crippen molar-refractivity contribution in [1.82, 2.24) is 5.32 Å². The van der Waals surface area contributed by atoms with Gasteiger partial charge in [0.15, 0.2) is 5.79 Å². The van der Waals surface area contributed by atoms with Gasteiger partial charge in [-0.15, -0.1) is 0 Å². The lowest BCUT2D eigenvalue weighted by molar-refractivity contribution is -0.281. The first-order valence-electron chi connectivity index (χ1n) is 8.09. The first-order valence-corrected chi connectivity index (χ1v) is 9.08. The van der Waals surface area contributed by atoms with Gasteiger partial charge < -0.3 is 19.9 Å². The average Bonchev–Trinajstić information content (AvgIpc) is 3.02. The minimum atomic E-state index is -1.51. The zero-order chi connectivity index (χ0) is 17.2. The molecule has 0 aromatic heterocycles. The molecule has 2 aliphatic heterocycles. The Bertz CT molecular complexity index is 610. The minimum Gasteiger partial charge on any atom is -0.458 e. The van der Waals surface area contributed by atoms with Crippen LogP contribution in [0.1, 0.15) is 36.5 Å². The van der Waals surface area contributed by atoms with Crippen molar-refractivity contribution in [2.75, 3.05) is 5.75 Å². The fourth-order valence-corrected chi connectivity index (χ4v) is 3.96. The third kappa shape index (κ3) is 3.74. The van der Waals surface area contributed by atoms with Crippen molar-refractivity contribution in [3.05, 3.63) is 35.9 Å². The lowest BCUT2D eigenvalue weighted by Gasteiger charge is -2.43. The first kappa shape index (κ1) is 17.3. The summed E-state index contributed by atoms with van der Waals surface area (Å²) in [5, 5.41) is 13.5. The molecule has 1 aromatic rings. The van der Waals surface area contributed by atoms with Crippen LogP contribution in [0.25, 0.3) is 0 Å². The molecule has 130 valence electrons. The van der Waals surface area contributed by atoms with E-state index in [1.165, 1.54) is 0 Å². The molecule has 7 heteroatoms. The summed E-state index contributed by atoms with van der Waals surface area (Å²) in [6.45, 7) is 1.95. The summed E-state index contributed by atoms with van der Waals surface area (Å²) in [5.74, 6) is -1.49. The summed E-state index contributed by atoms with van der Waals surface area (Å²) in [6.07, 6.45) is 0.692. The lowest BCUT2D eigenvalue weighted by atomic mass is 9.92. The zero-order valence-electron chi connectivity index (χ0n) is 13.4. The van der Waals surface area contributed by atoms with Crippen LogP contribution in [0.5, 0.6) is 0 Å². The highest BCUT2D eigenvalue weighted by molar-refractivity contribution is 8.14. The Hall–Kier alpha value is -1.57. The second-order valence-corrected chi connectivity index (χ2v) is 7.11. The van der Waals surface area contributed by atoms with Crippen molar-refractivity contribution >= 4 is 23.0 Å². The normalized spacial score (nSPS) is 33.1. The number of thioether (sulfide) groups is 1. The molecule has 0 spiro atoms. The molecule has 3 rings (SSSR count). The maximum absolute atomic E-state index is 12.3. The van der Waals surface area contributed by atoms with Crippen LogP contribution in [0.15, 0.2) is 30.3 Å². The number of amides is 1. The van der Waals surface area contributed by atoms with E-state index in [0.29, 0.717) is 24.2 Å². The summed E-state index contributed by atoms with van der Waals surface area (Å²) < 4.78 is 11.4. The molecule has 4 atom stereocenters. The molecule has 2 saturated heterocycles. The molecule has 6 nitrogen and oxygen atoms in total. The van der Waals surface area contributed by atoms with Crippen LogP contribution >= 0.6 is 11.8 Å². The Kier molecular flexibility index (Phi) is 5.12. The number of rotatable bonds is 4. The molecule has 0 saturated carbocycles. The smallest absolute Gasteiger partial charge is 0.338 e. The van der Waals surface area contributed by atoms with E-state index in [4.69, 9.17) is 9.47 Å². The molecule has 1 aromatic carbocycles. The summed E-state index contributed by atoms with van der Waals surface area (Å²) in [5.41, 5.74) is 0.477. The van der Waals surface area contributed by atoms with E-state index in [9.17, 15) is 14.7 Å². The number of aliphatic hydroxyl groups is 1. The van der Waals surface area contributed by atoms with E-state index in [1.54, 1.807) is 24.3 Å². The van der Waals surface area contributed by atoms with E-state index >= 15 is 0 Å². The summed E-state index contributed by atoms with van der Waals surface area (Å²) in [6, 6.07) is 8.27. The van der Waals surface area contributed by atoms with Crippen molar-refractivity contribution in [2.24, 2.45) is 0 Å². The van der Waals surface area contributed by atoms with Crippen LogP contribution in [0, 0.1) is 0 Å². The van der Waals surface area contributed by atoms with Gasteiger partial charge in [0.1, 0.15) is 6.10 Å². The van der Waals surface area contributed by atoms with Crippen LogP contribution < -0.4 is 5.32 Å². The highest BCUT2D eigenvalue weighted by Crippen LogP contribution is 2.36. The maximum atomic E-state index is 12.3. The highest BCUT2D eigenvalue weighted by atomic mass is 32.2. The molecule has 1 amide bonds. The van der Waals surface area contributed by atoms with Gasteiger partial charge >= 0.3 is 5.97 Å². The van der Waals surface area contributed by atoms with E-state index < -0.39 is 23.9 Å². The quantitative estimate of drug-likeness (QED) is 0.810. The molecule has 2 fully saturated rings. The predicted molar refractivity (Wildman–Crippen MR) is 89.8 cm³/mol. The number of esters is 1. The van der Waals surface area contributed by atoms with Crippen LogP contribution in [-0.2, 0) is 9.47 Å². The number of carbonyl (C=O) groups is 2. The largest absolute Gasteiger partial charge is 0.458 e. The number of benzene rings is 1. The van der Waals surface area contributed by atoms with Gasteiger partial charge in [-0.1, -0.05) is 36.9 Å². The van der Waals surface area contributed by atoms with Crippen LogP contribution in [0.2, 0.25) is 0 Å². The van der Waals surface area contributed by atoms with Gasteiger partial charge in [-0.3, -0.25) is 4.79 Å². The molecular formula is C17H21NO5S. The topological polar surface area (TPSA) is 84.9 Å². The van der Waals surface area contributed by atoms with Gasteiger partial charge in [0, 0.05) is 18.6 Å². The van der Waals surface area contributed by atoms with Crippen LogP contribution in [0.3, 0.4) is 0 Å². The second-order valence-electron chi connectivity index (χ2n) is 6.12. The van der Waals surface area contributed by atoms with Crippen molar-refractivity contribution in [3.63, 3.8) is 0 Å². The molecule has 1 unspecified atom stereocenters. The molecule has 2 heterocycles. The zero-order valence-corrected chi connectivity index (χ0v) is 14.3. The van der Waals surface area contributed by atoms with Crippen molar-refractivity contribution in [2.45, 2.75) is 50.2 Å². The standard InChI is InChI=1S/C17H21NO5S/c1-2-12-8-13(22-15(19)11-6-4-3-5-7-11)9-17(21,23-12)14-10-24-16(20)18-14/h3-7,12-14,21H,2,8-10H2,1H3,(H,18,20)/t12-,13?,14+,17-/m1/s1. The van der Waals surface area contributed by atoms with Gasteiger partial charge in [0.05, 0.1) is 17.7 Å². The number of hydrogen-bond donors (Lipinski definition) is 2. The molecule has 24 heavy (non-hydrogen) atoms. The SMILES string of the molecule is CC[C@@H]1CC(OC(=O)c2ccccc2)C[C@](O)([C@@H]2CSC(=O)N2)O1. The highest BCUT2D eigenvalue weighted by Gasteiger charge is 2.49. The molecule has 2 N–H and O–H groups in total. The summed E-state index contributed by atoms with van der Waals surface area (Å²) in [4.78, 5) is 23.7. The monoisotopic (exact) mass is 351 g/mol. The van der Waals surface area contributed by atoms with Gasteiger partial charge in [0.2, 0.25) is 0 Å². The molecule has 0 bridgehead atoms. The number of carbonyl (C=O) groups excluding carboxylic acids is 2. The van der Waals surface area contributed by atoms with Gasteiger partial charge in [-0.2, -0.15) is 0 Å². The van der Waals surface area contributed by atoms with Crippen LogP contribution in [0.4, 0.5) is 4.79 Å². The predicted octanol–water partition coefficient (Wildman–Crippen LogP) is 2.31. The van der Waals surface area contributed by atoms with Crippen molar-refractivity contribution in [3.8, 4) is 0 Å². The van der Waals surface area contributed by atoms with Gasteiger partial charge in [-0.25, -0.2) is 4.79 Å². The molecule has 0 aliphatic carbocycles. The Morgan fingerprint density at radius 1 is 1.46 bits per heavy atom. The molecular weight excluding hydrogens is 330 g/mol. The second kappa shape index (κ2) is 7.13. The third-order valence-corrected chi connectivity index (χ3v) is 5.25. The lowest BCUT2D eigenvalue weighted by Crippen LogP contribution is -2.58. The van der Waals surface area contributed by atoms with Gasteiger partial charge in [-0.05, 0) is 18.6 Å². The van der Waals surface area contributed by atoms with E-state index in [0.717, 1.165) is 11.8 Å². The van der Waals surface area contributed by atoms with Gasteiger partial charge in [0.25, 0.3) is 5.24 Å². The number of nitrogens with one attached hydrogen (secondary N) is 1. The maximum Gasteiger partial charge on any atom is 0.338 e. The van der Waals surface area contributed by atoms with Crippen LogP contribution in [-0.4, -0.2) is 46.1 Å². The Balaban J connectivity index is 1.71. The fourth-order valence-electron chi connectivity index (χ4n) is 3.07. The van der Waals surface area contributed by atoms with E-state index in [2.05, 4.69) is 5.32 Å². The molecule has 2 aliphatic rings. The summed E-state index contributed by atoms with van der Waals surface area (Å²) in [7, 11) is 0. The number of hydrogen-bond acceptors (Lipinski definition) is 6. The van der Waals surface area contributed by atoms with E-state index in [1.807, 2.05) is 13.0 Å². The first-order chi connectivity index (χ1) is 11.5. The van der Waals surface area contributed by atoms with E-state index in [-0.39, 0.29) is 17.8 Å². The Morgan fingerprint density at radius 3 is 2.83 bits per heavy atom. The average molecular weight is 351 g/mol. The third-order valence-electron chi connectivity index (χ3n) is 4.37. The summed E-state index contributed by atoms with van der Waals surface area (Å²) >= 11 is 1.12. The Morgan fingerprint density at radius 2 is 2.21 bits per heavy atom. The number of ether oxygens (including phenoxy) is 2. The minimum absolute atomic E-state index is 0.146. The van der Waals surface area contributed by atoms with Crippen molar-refractivity contribution < 1.29 is 24.2 Å².